The largest absolute Gasteiger partial charge is 0.481 e. The Morgan fingerprint density at radius 3 is 2.52 bits per heavy atom. The molecular formula is C15H29NO5. The van der Waals surface area contributed by atoms with Gasteiger partial charge in [-0.2, -0.15) is 0 Å². The first-order chi connectivity index (χ1) is 10.00. The molecule has 1 atom stereocenters. The van der Waals surface area contributed by atoms with Crippen molar-refractivity contribution in [2.75, 3.05) is 40.5 Å². The first-order valence-electron chi connectivity index (χ1n) is 7.68. The van der Waals surface area contributed by atoms with E-state index in [1.54, 1.807) is 7.11 Å². The Morgan fingerprint density at radius 2 is 1.95 bits per heavy atom. The van der Waals surface area contributed by atoms with Crippen LogP contribution in [0, 0.1) is 0 Å². The topological polar surface area (TPSA) is 79.2 Å². The van der Waals surface area contributed by atoms with Crippen LogP contribution in [0.3, 0.4) is 0 Å². The molecule has 0 spiro atoms. The number of β-amino-alcohol motifs (C(OH)–C–C–N with tert-alkyl or cyclic N) is 1. The molecule has 0 saturated heterocycles. The first-order valence-corrected chi connectivity index (χ1v) is 7.68. The van der Waals surface area contributed by atoms with Crippen LogP contribution in [-0.4, -0.2) is 73.2 Å². The standard InChI is InChI=1S/C15H29NO5/c1-16(11-13(17)12-21-9-8-20-2)15(10-14(18)19)6-4-3-5-7-15/h13,17H,3-12H2,1-2H3,(H,18,19). The maximum Gasteiger partial charge on any atom is 0.305 e. The third kappa shape index (κ3) is 6.30. The molecule has 1 aliphatic rings. The molecule has 0 heterocycles. The normalized spacial score (nSPS) is 19.6. The minimum Gasteiger partial charge on any atom is -0.481 e. The Bertz CT molecular complexity index is 304. The lowest BCUT2D eigenvalue weighted by atomic mass is 9.78. The first kappa shape index (κ1) is 18.4. The van der Waals surface area contributed by atoms with E-state index in [0.29, 0.717) is 19.8 Å². The van der Waals surface area contributed by atoms with Gasteiger partial charge in [-0.05, 0) is 19.9 Å². The highest BCUT2D eigenvalue weighted by Crippen LogP contribution is 2.35. The lowest BCUT2D eigenvalue weighted by molar-refractivity contribution is -0.141. The third-order valence-electron chi connectivity index (χ3n) is 4.30. The molecule has 1 fully saturated rings. The van der Waals surface area contributed by atoms with Crippen LogP contribution in [0.4, 0.5) is 0 Å². The molecule has 0 bridgehead atoms. The Kier molecular flexibility index (Phi) is 8.18. The van der Waals surface area contributed by atoms with Crippen LogP contribution in [0.5, 0.6) is 0 Å². The van der Waals surface area contributed by atoms with Gasteiger partial charge < -0.3 is 19.7 Å². The Hall–Kier alpha value is -0.690. The molecule has 1 saturated carbocycles. The molecule has 1 rings (SSSR count). The van der Waals surface area contributed by atoms with Gasteiger partial charge in [0.05, 0.1) is 32.3 Å². The summed E-state index contributed by atoms with van der Waals surface area (Å²) in [5.74, 6) is -0.769. The van der Waals surface area contributed by atoms with E-state index >= 15 is 0 Å². The van der Waals surface area contributed by atoms with E-state index in [1.807, 2.05) is 11.9 Å². The molecule has 0 aromatic heterocycles. The molecule has 0 aliphatic heterocycles. The highest BCUT2D eigenvalue weighted by atomic mass is 16.5. The van der Waals surface area contributed by atoms with E-state index in [2.05, 4.69) is 0 Å². The van der Waals surface area contributed by atoms with Crippen LogP contribution in [0.25, 0.3) is 0 Å². The number of methoxy groups -OCH3 is 1. The molecule has 0 radical (unpaired) electrons. The van der Waals surface area contributed by atoms with Crippen molar-refractivity contribution in [3.8, 4) is 0 Å². The zero-order chi connectivity index (χ0) is 15.7. The number of aliphatic hydroxyl groups is 1. The second kappa shape index (κ2) is 9.35. The Morgan fingerprint density at radius 1 is 1.29 bits per heavy atom. The molecule has 21 heavy (non-hydrogen) atoms. The number of rotatable bonds is 10. The third-order valence-corrected chi connectivity index (χ3v) is 4.30. The van der Waals surface area contributed by atoms with Gasteiger partial charge in [0.25, 0.3) is 0 Å². The average molecular weight is 303 g/mol. The molecule has 0 amide bonds. The smallest absolute Gasteiger partial charge is 0.305 e. The lowest BCUT2D eigenvalue weighted by Gasteiger charge is -2.44. The predicted molar refractivity (Wildman–Crippen MR) is 79.4 cm³/mol. The van der Waals surface area contributed by atoms with Crippen LogP contribution in [0.2, 0.25) is 0 Å². The van der Waals surface area contributed by atoms with Gasteiger partial charge in [0.2, 0.25) is 0 Å². The van der Waals surface area contributed by atoms with Crippen LogP contribution in [0.15, 0.2) is 0 Å². The molecule has 1 unspecified atom stereocenters. The monoisotopic (exact) mass is 303 g/mol. The fourth-order valence-corrected chi connectivity index (χ4v) is 3.11. The minimum atomic E-state index is -0.769. The van der Waals surface area contributed by atoms with Crippen molar-refractivity contribution < 1.29 is 24.5 Å². The van der Waals surface area contributed by atoms with Crippen molar-refractivity contribution in [3.63, 3.8) is 0 Å². The molecule has 6 heteroatoms. The van der Waals surface area contributed by atoms with E-state index in [4.69, 9.17) is 9.47 Å². The van der Waals surface area contributed by atoms with Crippen LogP contribution in [-0.2, 0) is 14.3 Å². The number of nitrogens with zero attached hydrogens (tertiary/aromatic N) is 1. The number of ether oxygens (including phenoxy) is 2. The molecule has 124 valence electrons. The molecule has 6 nitrogen and oxygen atoms in total. The number of carboxylic acids is 1. The van der Waals surface area contributed by atoms with Crippen molar-refractivity contribution in [2.24, 2.45) is 0 Å². The van der Waals surface area contributed by atoms with E-state index in [1.165, 1.54) is 0 Å². The fourth-order valence-electron chi connectivity index (χ4n) is 3.11. The molecule has 0 aromatic rings. The van der Waals surface area contributed by atoms with Crippen LogP contribution < -0.4 is 0 Å². The quantitative estimate of drug-likeness (QED) is 0.589. The summed E-state index contributed by atoms with van der Waals surface area (Å²) in [7, 11) is 3.51. The van der Waals surface area contributed by atoms with Crippen molar-refractivity contribution >= 4 is 5.97 Å². The van der Waals surface area contributed by atoms with Crippen molar-refractivity contribution in [2.45, 2.75) is 50.2 Å². The Labute approximate surface area is 127 Å². The fraction of sp³-hybridized carbons (Fsp3) is 0.933. The number of hydrogen-bond acceptors (Lipinski definition) is 5. The summed E-state index contributed by atoms with van der Waals surface area (Å²) in [6.45, 7) is 1.64. The van der Waals surface area contributed by atoms with E-state index in [-0.39, 0.29) is 18.6 Å². The summed E-state index contributed by atoms with van der Waals surface area (Å²) in [6, 6.07) is 0. The number of hydrogen-bond donors (Lipinski definition) is 2. The van der Waals surface area contributed by atoms with E-state index in [0.717, 1.165) is 32.1 Å². The number of likely N-dealkylation sites (N-methyl/N-ethyl adjacent to an activating group) is 1. The SMILES string of the molecule is COCCOCC(O)CN(C)C1(CC(=O)O)CCCCC1. The lowest BCUT2D eigenvalue weighted by Crippen LogP contribution is -2.52. The van der Waals surface area contributed by atoms with Crippen molar-refractivity contribution in [1.82, 2.24) is 4.90 Å². The van der Waals surface area contributed by atoms with E-state index < -0.39 is 12.1 Å². The van der Waals surface area contributed by atoms with Gasteiger partial charge in [0.1, 0.15) is 0 Å². The highest BCUT2D eigenvalue weighted by molar-refractivity contribution is 5.68. The summed E-state index contributed by atoms with van der Waals surface area (Å²) in [5, 5.41) is 19.2. The van der Waals surface area contributed by atoms with Gasteiger partial charge in [-0.15, -0.1) is 0 Å². The number of aliphatic hydroxyl groups excluding tert-OH is 1. The highest BCUT2D eigenvalue weighted by Gasteiger charge is 2.38. The summed E-state index contributed by atoms with van der Waals surface area (Å²) in [4.78, 5) is 13.2. The zero-order valence-electron chi connectivity index (χ0n) is 13.2. The van der Waals surface area contributed by atoms with E-state index in [9.17, 15) is 15.0 Å². The summed E-state index contributed by atoms with van der Waals surface area (Å²) < 4.78 is 10.2. The van der Waals surface area contributed by atoms with Gasteiger partial charge in [-0.25, -0.2) is 0 Å². The maximum absolute atomic E-state index is 11.2. The molecular weight excluding hydrogens is 274 g/mol. The van der Waals surface area contributed by atoms with Crippen molar-refractivity contribution in [1.29, 1.82) is 0 Å². The molecule has 1 aliphatic carbocycles. The number of carbonyl (C=O) groups is 1. The van der Waals surface area contributed by atoms with Gasteiger partial charge >= 0.3 is 5.97 Å². The van der Waals surface area contributed by atoms with Gasteiger partial charge in [0, 0.05) is 19.2 Å². The van der Waals surface area contributed by atoms with Gasteiger partial charge in [0.15, 0.2) is 0 Å². The maximum atomic E-state index is 11.2. The second-order valence-electron chi connectivity index (χ2n) is 5.96. The Balaban J connectivity index is 2.47. The average Bonchev–Trinajstić information content (AvgIpc) is 2.44. The molecule has 0 aromatic carbocycles. The molecule has 2 N–H and O–H groups in total. The summed E-state index contributed by atoms with van der Waals surface area (Å²) in [6.07, 6.45) is 4.56. The number of carboxylic acid groups (broad SMARTS) is 1. The predicted octanol–water partition coefficient (Wildman–Crippen LogP) is 1.12. The summed E-state index contributed by atoms with van der Waals surface area (Å²) in [5.41, 5.74) is -0.322. The second-order valence-corrected chi connectivity index (χ2v) is 5.96. The van der Waals surface area contributed by atoms with Crippen LogP contribution >= 0.6 is 0 Å². The summed E-state index contributed by atoms with van der Waals surface area (Å²) >= 11 is 0. The zero-order valence-corrected chi connectivity index (χ0v) is 13.2. The van der Waals surface area contributed by atoms with Gasteiger partial charge in [-0.3, -0.25) is 9.69 Å². The minimum absolute atomic E-state index is 0.140. The van der Waals surface area contributed by atoms with Gasteiger partial charge in [-0.1, -0.05) is 19.3 Å². The van der Waals surface area contributed by atoms with Crippen molar-refractivity contribution in [3.05, 3.63) is 0 Å². The number of aliphatic carboxylic acids is 1. The van der Waals surface area contributed by atoms with Crippen LogP contribution in [0.1, 0.15) is 38.5 Å².